The number of ketones is 1. The molecule has 0 saturated carbocycles. The van der Waals surface area contributed by atoms with Crippen LogP contribution in [-0.4, -0.2) is 15.8 Å². The molecule has 1 aromatic heterocycles. The highest BCUT2D eigenvalue weighted by Crippen LogP contribution is 2.08. The van der Waals surface area contributed by atoms with Gasteiger partial charge in [-0.15, -0.1) is 0 Å². The molecule has 14 heavy (non-hydrogen) atoms. The number of aromatic nitrogens is 2. The Balaban J connectivity index is 2.64. The summed E-state index contributed by atoms with van der Waals surface area (Å²) >= 11 is 0. The molecule has 0 saturated heterocycles. The molecule has 0 N–H and O–H groups in total. The summed E-state index contributed by atoms with van der Waals surface area (Å²) < 4.78 is 0. The number of benzene rings is 1. The van der Waals surface area contributed by atoms with Gasteiger partial charge in [-0.3, -0.25) is 9.78 Å². The van der Waals surface area contributed by atoms with E-state index in [0.717, 1.165) is 0 Å². The second-order valence-electron chi connectivity index (χ2n) is 2.68. The molecule has 0 aliphatic rings. The van der Waals surface area contributed by atoms with Gasteiger partial charge in [0.1, 0.15) is 11.8 Å². The summed E-state index contributed by atoms with van der Waals surface area (Å²) in [5.74, 6) is -0.664. The Morgan fingerprint density at radius 1 is 1.29 bits per heavy atom. The number of hydrogen-bond donors (Lipinski definition) is 0. The zero-order valence-corrected chi connectivity index (χ0v) is 7.14. The van der Waals surface area contributed by atoms with Crippen molar-refractivity contribution in [1.82, 2.24) is 9.97 Å². The number of nitrogens with zero attached hydrogens (tertiary/aromatic N) is 3. The lowest BCUT2D eigenvalue weighted by atomic mass is 10.2. The minimum atomic E-state index is -0.664. The summed E-state index contributed by atoms with van der Waals surface area (Å²) in [7, 11) is 0. The summed E-state index contributed by atoms with van der Waals surface area (Å²) in [6, 6.07) is 8.68. The van der Waals surface area contributed by atoms with E-state index >= 15 is 0 Å². The largest absolute Gasteiger partial charge is 0.282 e. The van der Waals surface area contributed by atoms with Crippen LogP contribution >= 0.6 is 0 Å². The Kier molecular flexibility index (Phi) is 1.92. The summed E-state index contributed by atoms with van der Waals surface area (Å²) in [6.45, 7) is 0. The topological polar surface area (TPSA) is 66.6 Å². The molecular formula is C10H5N3O. The first-order valence-electron chi connectivity index (χ1n) is 3.97. The predicted molar refractivity (Wildman–Crippen MR) is 49.5 cm³/mol. The van der Waals surface area contributed by atoms with Gasteiger partial charge in [0, 0.05) is 0 Å². The van der Waals surface area contributed by atoms with E-state index in [1.54, 1.807) is 18.2 Å². The third-order valence-electron chi connectivity index (χ3n) is 1.78. The molecule has 0 radical (unpaired) electrons. The van der Waals surface area contributed by atoms with Crippen molar-refractivity contribution < 1.29 is 4.79 Å². The number of Topliss-reactive ketones (excluding diaryl/α,β-unsaturated/α-hetero) is 1. The van der Waals surface area contributed by atoms with Crippen LogP contribution in [0.15, 0.2) is 30.5 Å². The highest BCUT2D eigenvalue weighted by Gasteiger charge is 2.06. The molecule has 4 heteroatoms. The van der Waals surface area contributed by atoms with Crippen LogP contribution in [0.5, 0.6) is 0 Å². The number of hydrogen-bond acceptors (Lipinski definition) is 4. The molecule has 2 aromatic rings. The van der Waals surface area contributed by atoms with E-state index in [9.17, 15) is 4.79 Å². The van der Waals surface area contributed by atoms with Crippen LogP contribution in [0.4, 0.5) is 0 Å². The Morgan fingerprint density at radius 3 is 2.71 bits per heavy atom. The van der Waals surface area contributed by atoms with Crippen molar-refractivity contribution in [2.24, 2.45) is 0 Å². The molecule has 4 nitrogen and oxygen atoms in total. The first kappa shape index (κ1) is 8.32. The Hall–Kier alpha value is -2.28. The molecule has 1 heterocycles. The molecule has 2 rings (SSSR count). The fourth-order valence-corrected chi connectivity index (χ4v) is 1.12. The first-order valence-corrected chi connectivity index (χ1v) is 3.97. The summed E-state index contributed by atoms with van der Waals surface area (Å²) in [5.41, 5.74) is 1.42. The maximum absolute atomic E-state index is 11.0. The van der Waals surface area contributed by atoms with E-state index in [2.05, 4.69) is 9.97 Å². The van der Waals surface area contributed by atoms with Crippen LogP contribution in [0.1, 0.15) is 10.5 Å². The summed E-state index contributed by atoms with van der Waals surface area (Å²) in [5, 5.41) is 8.39. The highest BCUT2D eigenvalue weighted by atomic mass is 16.1. The van der Waals surface area contributed by atoms with E-state index in [1.807, 2.05) is 6.07 Å². The Morgan fingerprint density at radius 2 is 2.00 bits per heavy atom. The minimum Gasteiger partial charge on any atom is -0.275 e. The molecule has 0 fully saturated rings. The predicted octanol–water partition coefficient (Wildman–Crippen LogP) is 1.34. The number of nitriles is 1. The van der Waals surface area contributed by atoms with Gasteiger partial charge in [0.2, 0.25) is 0 Å². The van der Waals surface area contributed by atoms with Gasteiger partial charge >= 0.3 is 0 Å². The van der Waals surface area contributed by atoms with Crippen LogP contribution in [-0.2, 0) is 0 Å². The minimum absolute atomic E-state index is 0.0891. The standard InChI is InChI=1S/C10H5N3O/c11-5-10(14)9-6-12-7-3-1-2-4-8(7)13-9/h1-4,6H. The average molecular weight is 183 g/mol. The van der Waals surface area contributed by atoms with E-state index in [-0.39, 0.29) is 5.69 Å². The van der Waals surface area contributed by atoms with Gasteiger partial charge in [-0.05, 0) is 12.1 Å². The van der Waals surface area contributed by atoms with E-state index in [0.29, 0.717) is 11.0 Å². The molecule has 1 aromatic carbocycles. The smallest absolute Gasteiger partial charge is 0.275 e. The molecule has 0 bridgehead atoms. The monoisotopic (exact) mass is 183 g/mol. The molecule has 0 aliphatic heterocycles. The van der Waals surface area contributed by atoms with Gasteiger partial charge < -0.3 is 0 Å². The SMILES string of the molecule is N#CC(=O)c1cnc2ccccc2n1. The van der Waals surface area contributed by atoms with E-state index in [4.69, 9.17) is 5.26 Å². The van der Waals surface area contributed by atoms with Crippen LogP contribution in [0.3, 0.4) is 0 Å². The second-order valence-corrected chi connectivity index (χ2v) is 2.68. The van der Waals surface area contributed by atoms with Crippen molar-refractivity contribution in [2.45, 2.75) is 0 Å². The second kappa shape index (κ2) is 3.23. The Labute approximate surface area is 79.8 Å². The van der Waals surface area contributed by atoms with Crippen molar-refractivity contribution in [1.29, 1.82) is 5.26 Å². The van der Waals surface area contributed by atoms with Gasteiger partial charge in [0.25, 0.3) is 5.78 Å². The summed E-state index contributed by atoms with van der Waals surface area (Å²) in [6.07, 6.45) is 1.31. The van der Waals surface area contributed by atoms with Crippen molar-refractivity contribution in [3.05, 3.63) is 36.2 Å². The zero-order chi connectivity index (χ0) is 9.97. The van der Waals surface area contributed by atoms with E-state index in [1.165, 1.54) is 12.3 Å². The first-order chi connectivity index (χ1) is 6.81. The van der Waals surface area contributed by atoms with Crippen molar-refractivity contribution in [3.8, 4) is 6.07 Å². The normalized spacial score (nSPS) is 9.64. The fourth-order valence-electron chi connectivity index (χ4n) is 1.12. The fraction of sp³-hybridized carbons (Fsp3) is 0. The molecule has 0 amide bonds. The zero-order valence-electron chi connectivity index (χ0n) is 7.14. The summed E-state index contributed by atoms with van der Waals surface area (Å²) in [4.78, 5) is 19.0. The maximum atomic E-state index is 11.0. The lowest BCUT2D eigenvalue weighted by molar-refractivity contribution is 0.105. The third kappa shape index (κ3) is 1.31. The van der Waals surface area contributed by atoms with Gasteiger partial charge in [0.15, 0.2) is 0 Å². The Bertz CT molecular complexity index is 542. The van der Waals surface area contributed by atoms with Crippen molar-refractivity contribution in [3.63, 3.8) is 0 Å². The third-order valence-corrected chi connectivity index (χ3v) is 1.78. The average Bonchev–Trinajstić information content (AvgIpc) is 2.27. The van der Waals surface area contributed by atoms with Gasteiger partial charge in [-0.2, -0.15) is 5.26 Å². The molecule has 0 unspecified atom stereocenters. The van der Waals surface area contributed by atoms with E-state index < -0.39 is 5.78 Å². The number of carbonyl (C=O) groups is 1. The number of para-hydroxylation sites is 2. The van der Waals surface area contributed by atoms with Gasteiger partial charge in [-0.1, -0.05) is 12.1 Å². The van der Waals surface area contributed by atoms with Crippen molar-refractivity contribution in [2.75, 3.05) is 0 Å². The highest BCUT2D eigenvalue weighted by molar-refractivity contribution is 6.06. The molecule has 0 spiro atoms. The van der Waals surface area contributed by atoms with Gasteiger partial charge in [-0.25, -0.2) is 4.98 Å². The molecule has 0 atom stereocenters. The molecular weight excluding hydrogens is 178 g/mol. The molecule has 66 valence electrons. The van der Waals surface area contributed by atoms with Crippen LogP contribution in [0.25, 0.3) is 11.0 Å². The number of fused-ring (bicyclic) bond motifs is 1. The van der Waals surface area contributed by atoms with Gasteiger partial charge in [0.05, 0.1) is 17.2 Å². The quantitative estimate of drug-likeness (QED) is 0.494. The van der Waals surface area contributed by atoms with Crippen LogP contribution in [0, 0.1) is 11.3 Å². The van der Waals surface area contributed by atoms with Crippen LogP contribution in [0.2, 0.25) is 0 Å². The van der Waals surface area contributed by atoms with Crippen molar-refractivity contribution >= 4 is 16.8 Å². The number of carbonyl (C=O) groups excluding carboxylic acids is 1. The number of rotatable bonds is 1. The lowest BCUT2D eigenvalue weighted by Crippen LogP contribution is -1.99. The van der Waals surface area contributed by atoms with Crippen LogP contribution < -0.4 is 0 Å². The lowest BCUT2D eigenvalue weighted by Gasteiger charge is -1.96. The molecule has 0 aliphatic carbocycles. The maximum Gasteiger partial charge on any atom is 0.282 e.